The van der Waals surface area contributed by atoms with Gasteiger partial charge in [-0.25, -0.2) is 0 Å². The molecule has 0 aliphatic heterocycles. The maximum atomic E-state index is 5.02. The second-order valence-electron chi connectivity index (χ2n) is 36.2. The monoisotopic (exact) mass is 2280 g/mol. The Kier molecular flexibility index (Phi) is 34.6. The standard InChI is InChI=1S/C30H31N2Si.C26H31N2Si.C24H26NSSi.3C11H8N.3Ir/c1-21(2)17-22-18-29(33(3,4)5)30(31-20-22)23-15-16-28-26(19-23)25-13-9-10-14-27(25)32(28)24-11-7-6-8-12-24;1-7-28-23-11-9-8-10-21(23)22-16-20(12-13-24(22)28)26-25(29(4,5)6)15-19(17-27-26)14-18(2)3;1-16(2)12-17-13-23(27(3,4)5)24(25-15-17)18-10-11-22-20(14-18)19-8-6-7-9-21(19)26-22;3*1-2-6-10(7-3-1)11-8-4-5-9-12-11;;;/h6-14,16,18-21H,17H2,1-5H3;8-11,13,15-18H,7,14H2,1-6H3;6-9,11,13-16H,12H2,1-5H3;3*1-6,8-9H;;;/q6*-1;;;. The fourth-order valence-corrected chi connectivity index (χ4v) is 21.7. The number of aromatic nitrogens is 8. The molecule has 8 nitrogen and oxygen atoms in total. The molecule has 0 spiro atoms. The van der Waals surface area contributed by atoms with Crippen LogP contribution in [0.5, 0.6) is 0 Å². The number of benzene rings is 10. The van der Waals surface area contributed by atoms with Crippen LogP contribution in [0, 0.1) is 54.2 Å². The number of aryl methyl sites for hydroxylation is 1. The second kappa shape index (κ2) is 45.2. The largest absolute Gasteiger partial charge is 0.381 e. The van der Waals surface area contributed by atoms with Crippen molar-refractivity contribution in [1.82, 2.24) is 39.0 Å². The van der Waals surface area contributed by atoms with Crippen molar-refractivity contribution in [3.63, 3.8) is 0 Å². The topological polar surface area (TPSA) is 87.2 Å². The van der Waals surface area contributed by atoms with Crippen LogP contribution in [0.25, 0.3) is 137 Å². The first kappa shape index (κ1) is 98.1. The zero-order valence-electron chi connectivity index (χ0n) is 76.1. The zero-order chi connectivity index (χ0) is 87.8. The van der Waals surface area contributed by atoms with Crippen LogP contribution in [0.2, 0.25) is 58.9 Å². The number of fused-ring (bicyclic) bond motifs is 9. The summed E-state index contributed by atoms with van der Waals surface area (Å²) in [6.07, 6.45) is 14.8. The van der Waals surface area contributed by atoms with Crippen molar-refractivity contribution >= 4 is 115 Å². The molecule has 0 fully saturated rings. The summed E-state index contributed by atoms with van der Waals surface area (Å²) in [5, 5.41) is 12.1. The molecule has 655 valence electrons. The minimum atomic E-state index is -1.60. The first-order chi connectivity index (χ1) is 60.3. The number of para-hydroxylation sites is 3. The Morgan fingerprint density at radius 3 is 1.05 bits per heavy atom. The molecule has 10 aromatic carbocycles. The van der Waals surface area contributed by atoms with Gasteiger partial charge in [-0.1, -0.05) is 260 Å². The number of thiophene rings is 1. The number of hydrogen-bond acceptors (Lipinski definition) is 7. The van der Waals surface area contributed by atoms with Crippen molar-refractivity contribution < 1.29 is 60.3 Å². The summed E-state index contributed by atoms with van der Waals surface area (Å²) in [7, 11) is -4.68. The van der Waals surface area contributed by atoms with Crippen LogP contribution in [0.3, 0.4) is 0 Å². The molecule has 19 aromatic rings. The van der Waals surface area contributed by atoms with Crippen molar-refractivity contribution in [2.75, 3.05) is 0 Å². The van der Waals surface area contributed by atoms with Crippen LogP contribution in [0.4, 0.5) is 0 Å². The van der Waals surface area contributed by atoms with Crippen LogP contribution in [0.1, 0.15) is 65.2 Å². The summed E-state index contributed by atoms with van der Waals surface area (Å²) in [5.74, 6) is 1.91. The van der Waals surface area contributed by atoms with Gasteiger partial charge in [0, 0.05) is 125 Å². The van der Waals surface area contributed by atoms with Gasteiger partial charge in [0.25, 0.3) is 0 Å². The molecule has 0 unspecified atom stereocenters. The van der Waals surface area contributed by atoms with Gasteiger partial charge < -0.3 is 39.0 Å². The fraction of sp³-hybridized carbons (Fsp3) is 0.204. The second-order valence-corrected chi connectivity index (χ2v) is 52.4. The maximum absolute atomic E-state index is 5.02. The van der Waals surface area contributed by atoms with Crippen LogP contribution < -0.4 is 15.6 Å². The molecule has 9 aromatic heterocycles. The molecule has 0 saturated carbocycles. The Morgan fingerprint density at radius 2 is 0.656 bits per heavy atom. The van der Waals surface area contributed by atoms with E-state index in [2.05, 4.69) is 344 Å². The Labute approximate surface area is 806 Å². The summed E-state index contributed by atoms with van der Waals surface area (Å²) in [6.45, 7) is 38.5. The normalized spacial score (nSPS) is 11.3. The molecule has 19 rings (SSSR count). The van der Waals surface area contributed by atoms with Gasteiger partial charge >= 0.3 is 0 Å². The van der Waals surface area contributed by atoms with E-state index in [1.54, 1.807) is 18.6 Å². The van der Waals surface area contributed by atoms with E-state index in [0.717, 1.165) is 93.4 Å². The van der Waals surface area contributed by atoms with Crippen molar-refractivity contribution in [3.05, 3.63) is 375 Å². The van der Waals surface area contributed by atoms with E-state index in [9.17, 15) is 0 Å². The van der Waals surface area contributed by atoms with Gasteiger partial charge in [0.2, 0.25) is 0 Å². The van der Waals surface area contributed by atoms with Crippen LogP contribution >= 0.6 is 11.3 Å². The van der Waals surface area contributed by atoms with Gasteiger partial charge in [-0.2, -0.15) is 11.3 Å². The van der Waals surface area contributed by atoms with Crippen LogP contribution in [-0.2, 0) is 86.1 Å². The van der Waals surface area contributed by atoms with Crippen LogP contribution in [-0.4, -0.2) is 63.3 Å². The van der Waals surface area contributed by atoms with E-state index in [1.165, 1.54) is 102 Å². The first-order valence-electron chi connectivity index (χ1n) is 43.7. The minimum Gasteiger partial charge on any atom is -0.381 e. The van der Waals surface area contributed by atoms with Crippen molar-refractivity contribution in [1.29, 1.82) is 0 Å². The van der Waals surface area contributed by atoms with E-state index in [0.29, 0.717) is 17.8 Å². The van der Waals surface area contributed by atoms with E-state index in [-0.39, 0.29) is 60.3 Å². The Morgan fingerprint density at radius 1 is 0.305 bits per heavy atom. The first-order valence-corrected chi connectivity index (χ1v) is 55.1. The molecule has 0 amide bonds. The molecule has 128 heavy (non-hydrogen) atoms. The molecule has 15 heteroatoms. The predicted octanol–water partition coefficient (Wildman–Crippen LogP) is 28.1. The number of pyridine rings is 6. The van der Waals surface area contributed by atoms with Gasteiger partial charge in [0.05, 0.1) is 24.2 Å². The van der Waals surface area contributed by atoms with Crippen molar-refractivity contribution in [3.8, 4) is 73.2 Å². The van der Waals surface area contributed by atoms with Gasteiger partial charge in [-0.15, -0.1) is 179 Å². The van der Waals surface area contributed by atoms with Gasteiger partial charge in [-0.3, -0.25) is 0 Å². The van der Waals surface area contributed by atoms with Gasteiger partial charge in [0.15, 0.2) is 0 Å². The summed E-state index contributed by atoms with van der Waals surface area (Å²) >= 11 is 1.84. The average molecular weight is 2280 g/mol. The third-order valence-corrected chi connectivity index (χ3v) is 29.0. The molecular weight excluding hydrogens is 2160 g/mol. The Balaban J connectivity index is 0.000000155. The van der Waals surface area contributed by atoms with Gasteiger partial charge in [0.1, 0.15) is 0 Å². The maximum Gasteiger partial charge on any atom is 0.0693 e. The Bertz CT molecular complexity index is 6480. The quantitative estimate of drug-likeness (QED) is 0.0667. The smallest absolute Gasteiger partial charge is 0.0693 e. The molecule has 0 aliphatic carbocycles. The SMILES string of the molecule is CC(C)Cc1cnc(-c2[c-]cc3c(c2)c2ccccc2n3-c2ccccc2)c([Si](C)(C)C)c1.CC(C)Cc1cnc(-c2[c-]cc3sc4ccccc4c3c2)c([Si](C)(C)C)c1.CCn1c2c[c-]c(-c3ncc(CC(C)C)cc3[Si](C)(C)C)cc2c2ccccc21.[Ir].[Ir].[Ir].[c-]1ccccc1-c1ccccn1.[c-]1ccccc1-c1ccccn1.[c-]1ccccc1-c1ccccn1. The minimum absolute atomic E-state index is 0. The molecular formula is C113H112Ir3N8SSi3-6. The van der Waals surface area contributed by atoms with Crippen LogP contribution in [0.15, 0.2) is 322 Å². The van der Waals surface area contributed by atoms with E-state index < -0.39 is 24.2 Å². The summed E-state index contributed by atoms with van der Waals surface area (Å²) < 4.78 is 7.35. The molecule has 3 radical (unpaired) electrons. The van der Waals surface area contributed by atoms with Crippen molar-refractivity contribution in [2.24, 2.45) is 17.8 Å². The molecule has 0 saturated heterocycles. The van der Waals surface area contributed by atoms with Gasteiger partial charge in [-0.05, 0) is 175 Å². The number of hydrogen-bond donors (Lipinski definition) is 0. The van der Waals surface area contributed by atoms with E-state index in [4.69, 9.17) is 15.0 Å². The molecule has 0 bridgehead atoms. The third kappa shape index (κ3) is 24.5. The molecule has 0 atom stereocenters. The zero-order valence-corrected chi connectivity index (χ0v) is 87.1. The summed E-state index contributed by atoms with van der Waals surface area (Å²) in [5.41, 5.74) is 22.9. The molecule has 0 aliphatic rings. The molecule has 0 N–H and O–H groups in total. The van der Waals surface area contributed by atoms with E-state index in [1.807, 2.05) is 139 Å². The fourth-order valence-electron chi connectivity index (χ4n) is 16.0. The predicted molar refractivity (Wildman–Crippen MR) is 542 cm³/mol. The summed E-state index contributed by atoms with van der Waals surface area (Å²) in [6, 6.07) is 118. The number of nitrogens with zero attached hydrogens (tertiary/aromatic N) is 8. The van der Waals surface area contributed by atoms with Crippen molar-refractivity contribution in [2.45, 2.75) is 133 Å². The molecule has 9 heterocycles. The third-order valence-electron chi connectivity index (χ3n) is 21.9. The van der Waals surface area contributed by atoms with E-state index >= 15 is 0 Å². The Hall–Kier alpha value is -10.5. The number of rotatable bonds is 17. The average Bonchev–Trinajstić information content (AvgIpc) is 1.57. The summed E-state index contributed by atoms with van der Waals surface area (Å²) in [4.78, 5) is 27.6.